The third kappa shape index (κ3) is 4.87. The minimum atomic E-state index is -0.276. The number of benzene rings is 1. The quantitative estimate of drug-likeness (QED) is 0.559. The van der Waals surface area contributed by atoms with Crippen LogP contribution in [0.2, 0.25) is 0 Å². The van der Waals surface area contributed by atoms with E-state index in [1.54, 1.807) is 6.07 Å². The van der Waals surface area contributed by atoms with E-state index in [1.165, 1.54) is 32.8 Å². The first-order valence-electron chi connectivity index (χ1n) is 7.54. The number of rotatable bonds is 8. The fourth-order valence-corrected chi connectivity index (χ4v) is 2.34. The predicted molar refractivity (Wildman–Crippen MR) is 84.4 cm³/mol. The summed E-state index contributed by atoms with van der Waals surface area (Å²) in [6.07, 6.45) is 6.27. The van der Waals surface area contributed by atoms with Crippen LogP contribution in [0.1, 0.15) is 61.9 Å². The standard InChI is InChI=1S/C17H27NO2/c1-5-6-7-8-10-13(2)18-16-12-9-11-15(14(16)3)17(19)20-4/h9,11-13,18H,5-8,10H2,1-4H3. The summed E-state index contributed by atoms with van der Waals surface area (Å²) in [6.45, 7) is 6.37. The van der Waals surface area contributed by atoms with Crippen LogP contribution in [-0.4, -0.2) is 19.1 Å². The Morgan fingerprint density at radius 3 is 2.70 bits per heavy atom. The number of anilines is 1. The van der Waals surface area contributed by atoms with Gasteiger partial charge in [0.25, 0.3) is 0 Å². The van der Waals surface area contributed by atoms with Gasteiger partial charge < -0.3 is 10.1 Å². The molecule has 0 amide bonds. The van der Waals surface area contributed by atoms with Crippen molar-refractivity contribution in [3.05, 3.63) is 29.3 Å². The van der Waals surface area contributed by atoms with Gasteiger partial charge in [0.1, 0.15) is 0 Å². The van der Waals surface area contributed by atoms with Gasteiger partial charge in [0.05, 0.1) is 12.7 Å². The number of nitrogens with one attached hydrogen (secondary N) is 1. The fraction of sp³-hybridized carbons (Fsp3) is 0.588. The molecular formula is C17H27NO2. The summed E-state index contributed by atoms with van der Waals surface area (Å²) in [5.74, 6) is -0.276. The minimum absolute atomic E-state index is 0.276. The van der Waals surface area contributed by atoms with E-state index in [0.29, 0.717) is 11.6 Å². The Morgan fingerprint density at radius 1 is 1.30 bits per heavy atom. The van der Waals surface area contributed by atoms with Crippen LogP contribution in [-0.2, 0) is 4.74 Å². The Balaban J connectivity index is 2.61. The number of ether oxygens (including phenoxy) is 1. The zero-order valence-corrected chi connectivity index (χ0v) is 13.2. The molecule has 0 radical (unpaired) electrons. The second-order valence-electron chi connectivity index (χ2n) is 5.36. The minimum Gasteiger partial charge on any atom is -0.465 e. The maximum absolute atomic E-state index is 11.7. The number of hydrogen-bond acceptors (Lipinski definition) is 3. The summed E-state index contributed by atoms with van der Waals surface area (Å²) in [6, 6.07) is 6.13. The lowest BCUT2D eigenvalue weighted by Gasteiger charge is -2.18. The van der Waals surface area contributed by atoms with Crippen LogP contribution in [0.15, 0.2) is 18.2 Å². The van der Waals surface area contributed by atoms with Crippen LogP contribution in [0.5, 0.6) is 0 Å². The lowest BCUT2D eigenvalue weighted by molar-refractivity contribution is 0.0600. The van der Waals surface area contributed by atoms with Crippen molar-refractivity contribution in [3.63, 3.8) is 0 Å². The largest absolute Gasteiger partial charge is 0.465 e. The van der Waals surface area contributed by atoms with Gasteiger partial charge in [-0.2, -0.15) is 0 Å². The first-order valence-corrected chi connectivity index (χ1v) is 7.54. The molecule has 1 N–H and O–H groups in total. The molecule has 0 saturated heterocycles. The highest BCUT2D eigenvalue weighted by atomic mass is 16.5. The first-order chi connectivity index (χ1) is 9.60. The molecule has 0 heterocycles. The molecule has 0 aliphatic heterocycles. The van der Waals surface area contributed by atoms with Crippen molar-refractivity contribution in [1.29, 1.82) is 0 Å². The van der Waals surface area contributed by atoms with Crippen molar-refractivity contribution >= 4 is 11.7 Å². The molecular weight excluding hydrogens is 250 g/mol. The predicted octanol–water partition coefficient (Wildman–Crippen LogP) is 4.55. The molecule has 0 bridgehead atoms. The Kier molecular flexibility index (Phi) is 7.13. The normalized spacial score (nSPS) is 12.0. The number of carbonyl (C=O) groups is 1. The summed E-state index contributed by atoms with van der Waals surface area (Å²) in [7, 11) is 1.41. The number of hydrogen-bond donors (Lipinski definition) is 1. The number of unbranched alkanes of at least 4 members (excludes halogenated alkanes) is 3. The van der Waals surface area contributed by atoms with E-state index in [4.69, 9.17) is 4.74 Å². The molecule has 1 rings (SSSR count). The van der Waals surface area contributed by atoms with E-state index < -0.39 is 0 Å². The molecule has 3 heteroatoms. The molecule has 0 aliphatic rings. The van der Waals surface area contributed by atoms with Gasteiger partial charge in [-0.05, 0) is 38.0 Å². The second-order valence-corrected chi connectivity index (χ2v) is 5.36. The molecule has 1 atom stereocenters. The maximum atomic E-state index is 11.7. The summed E-state index contributed by atoms with van der Waals surface area (Å²) in [5.41, 5.74) is 2.62. The van der Waals surface area contributed by atoms with E-state index in [1.807, 2.05) is 19.1 Å². The van der Waals surface area contributed by atoms with Gasteiger partial charge in [0, 0.05) is 11.7 Å². The molecule has 0 fully saturated rings. The third-order valence-corrected chi connectivity index (χ3v) is 3.63. The number of methoxy groups -OCH3 is 1. The van der Waals surface area contributed by atoms with Gasteiger partial charge in [-0.25, -0.2) is 4.79 Å². The SMILES string of the molecule is CCCCCCC(C)Nc1cccc(C(=O)OC)c1C. The van der Waals surface area contributed by atoms with E-state index >= 15 is 0 Å². The molecule has 0 spiro atoms. The number of esters is 1. The average Bonchev–Trinajstić information content (AvgIpc) is 2.45. The van der Waals surface area contributed by atoms with E-state index in [0.717, 1.165) is 17.7 Å². The zero-order valence-electron chi connectivity index (χ0n) is 13.2. The molecule has 0 aliphatic carbocycles. The van der Waals surface area contributed by atoms with Gasteiger partial charge in [0.2, 0.25) is 0 Å². The van der Waals surface area contributed by atoms with Crippen LogP contribution in [0, 0.1) is 6.92 Å². The Bertz CT molecular complexity index is 429. The van der Waals surface area contributed by atoms with Crippen LogP contribution >= 0.6 is 0 Å². The highest BCUT2D eigenvalue weighted by Gasteiger charge is 2.12. The van der Waals surface area contributed by atoms with Gasteiger partial charge in [-0.3, -0.25) is 0 Å². The molecule has 0 saturated carbocycles. The van der Waals surface area contributed by atoms with Gasteiger partial charge in [-0.15, -0.1) is 0 Å². The Labute approximate surface area is 122 Å². The summed E-state index contributed by atoms with van der Waals surface area (Å²) >= 11 is 0. The van der Waals surface area contributed by atoms with Crippen molar-refractivity contribution < 1.29 is 9.53 Å². The molecule has 20 heavy (non-hydrogen) atoms. The van der Waals surface area contributed by atoms with Crippen LogP contribution in [0.25, 0.3) is 0 Å². The molecule has 112 valence electrons. The van der Waals surface area contributed by atoms with Crippen molar-refractivity contribution in [2.75, 3.05) is 12.4 Å². The van der Waals surface area contributed by atoms with Gasteiger partial charge >= 0.3 is 5.97 Å². The van der Waals surface area contributed by atoms with Crippen LogP contribution < -0.4 is 5.32 Å². The van der Waals surface area contributed by atoms with Gasteiger partial charge in [-0.1, -0.05) is 38.7 Å². The smallest absolute Gasteiger partial charge is 0.338 e. The second kappa shape index (κ2) is 8.62. The van der Waals surface area contributed by atoms with E-state index in [-0.39, 0.29) is 5.97 Å². The molecule has 1 aromatic rings. The molecule has 0 aromatic heterocycles. The van der Waals surface area contributed by atoms with E-state index in [2.05, 4.69) is 19.2 Å². The van der Waals surface area contributed by atoms with Crippen molar-refractivity contribution in [1.82, 2.24) is 0 Å². The van der Waals surface area contributed by atoms with Crippen LogP contribution in [0.4, 0.5) is 5.69 Å². The fourth-order valence-electron chi connectivity index (χ4n) is 2.34. The molecule has 3 nitrogen and oxygen atoms in total. The number of carbonyl (C=O) groups excluding carboxylic acids is 1. The van der Waals surface area contributed by atoms with Crippen molar-refractivity contribution in [2.45, 2.75) is 58.9 Å². The topological polar surface area (TPSA) is 38.3 Å². The molecule has 1 unspecified atom stereocenters. The third-order valence-electron chi connectivity index (χ3n) is 3.63. The van der Waals surface area contributed by atoms with Crippen LogP contribution in [0.3, 0.4) is 0 Å². The van der Waals surface area contributed by atoms with Crippen molar-refractivity contribution in [3.8, 4) is 0 Å². The average molecular weight is 277 g/mol. The highest BCUT2D eigenvalue weighted by Crippen LogP contribution is 2.21. The Hall–Kier alpha value is -1.51. The Morgan fingerprint density at radius 2 is 2.05 bits per heavy atom. The maximum Gasteiger partial charge on any atom is 0.338 e. The monoisotopic (exact) mass is 277 g/mol. The molecule has 1 aromatic carbocycles. The summed E-state index contributed by atoms with van der Waals surface area (Å²) in [4.78, 5) is 11.7. The van der Waals surface area contributed by atoms with Crippen molar-refractivity contribution in [2.24, 2.45) is 0 Å². The lowest BCUT2D eigenvalue weighted by atomic mass is 10.0. The van der Waals surface area contributed by atoms with E-state index in [9.17, 15) is 4.79 Å². The van der Waals surface area contributed by atoms with Gasteiger partial charge in [0.15, 0.2) is 0 Å². The summed E-state index contributed by atoms with van der Waals surface area (Å²) < 4.78 is 4.80. The highest BCUT2D eigenvalue weighted by molar-refractivity contribution is 5.92. The zero-order chi connectivity index (χ0) is 15.0. The lowest BCUT2D eigenvalue weighted by Crippen LogP contribution is -2.16. The first kappa shape index (κ1) is 16.5. The summed E-state index contributed by atoms with van der Waals surface area (Å²) in [5, 5.41) is 3.50.